The van der Waals surface area contributed by atoms with Gasteiger partial charge in [0.05, 0.1) is 5.56 Å². The van der Waals surface area contributed by atoms with Crippen LogP contribution in [0.2, 0.25) is 0 Å². The van der Waals surface area contributed by atoms with Gasteiger partial charge in [-0.25, -0.2) is 4.39 Å². The van der Waals surface area contributed by atoms with E-state index in [4.69, 9.17) is 0 Å². The zero-order valence-corrected chi connectivity index (χ0v) is 16.1. The van der Waals surface area contributed by atoms with Crippen LogP contribution in [0.5, 0.6) is 0 Å². The molecule has 7 nitrogen and oxygen atoms in total. The normalized spacial score (nSPS) is 11.2. The first kappa shape index (κ1) is 17.5. The molecule has 29 heavy (non-hydrogen) atoms. The summed E-state index contributed by atoms with van der Waals surface area (Å²) in [6.45, 7) is 0. The quantitative estimate of drug-likeness (QED) is 0.453. The monoisotopic (exact) mass is 403 g/mol. The molecule has 0 atom stereocenters. The minimum atomic E-state index is -0.373. The summed E-state index contributed by atoms with van der Waals surface area (Å²) in [5, 5.41) is 22.7. The molecule has 0 saturated heterocycles. The number of nitrogens with zero attached hydrogens (tertiary/aromatic N) is 7. The molecule has 0 aliphatic rings. The van der Waals surface area contributed by atoms with Crippen molar-refractivity contribution in [3.8, 4) is 22.8 Å². The van der Waals surface area contributed by atoms with Crippen LogP contribution >= 0.6 is 11.8 Å². The summed E-state index contributed by atoms with van der Waals surface area (Å²) in [6.07, 6.45) is 0. The van der Waals surface area contributed by atoms with Gasteiger partial charge >= 0.3 is 0 Å². The van der Waals surface area contributed by atoms with Crippen LogP contribution in [0.4, 0.5) is 4.39 Å². The second-order valence-electron chi connectivity index (χ2n) is 6.28. The average molecular weight is 403 g/mol. The molecule has 9 heteroatoms. The maximum Gasteiger partial charge on any atom is 0.197 e. The molecule has 5 aromatic rings. The molecule has 3 heterocycles. The molecule has 0 aliphatic heterocycles. The summed E-state index contributed by atoms with van der Waals surface area (Å²) in [6, 6.07) is 19.9. The molecule has 0 saturated carbocycles. The molecular formula is C20H14FN7S. The molecule has 3 aromatic heterocycles. The predicted molar refractivity (Wildman–Crippen MR) is 107 cm³/mol. The molecule has 0 spiro atoms. The van der Waals surface area contributed by atoms with Crippen molar-refractivity contribution in [1.82, 2.24) is 34.6 Å². The first-order chi connectivity index (χ1) is 14.2. The number of halogens is 1. The fourth-order valence-electron chi connectivity index (χ4n) is 2.97. The molecule has 0 bridgehead atoms. The SMILES string of the molecule is Cn1c(Sc2ccc3nnc(-c4ccccc4F)n3n2)nnc1-c1ccccc1. The van der Waals surface area contributed by atoms with E-state index >= 15 is 0 Å². The number of rotatable bonds is 4. The Morgan fingerprint density at radius 2 is 1.55 bits per heavy atom. The van der Waals surface area contributed by atoms with Gasteiger partial charge in [0.2, 0.25) is 0 Å². The summed E-state index contributed by atoms with van der Waals surface area (Å²) in [7, 11) is 1.91. The Hall–Kier alpha value is -3.59. The maximum atomic E-state index is 14.2. The molecule has 142 valence electrons. The van der Waals surface area contributed by atoms with Gasteiger partial charge in [0, 0.05) is 12.6 Å². The fraction of sp³-hybridized carbons (Fsp3) is 0.0500. The molecule has 0 unspecified atom stereocenters. The van der Waals surface area contributed by atoms with E-state index in [0.29, 0.717) is 27.2 Å². The average Bonchev–Trinajstić information content (AvgIpc) is 3.33. The number of hydrogen-bond donors (Lipinski definition) is 0. The van der Waals surface area contributed by atoms with Gasteiger partial charge in [-0.05, 0) is 36.0 Å². The van der Waals surface area contributed by atoms with Crippen LogP contribution in [0.1, 0.15) is 0 Å². The maximum absolute atomic E-state index is 14.2. The van der Waals surface area contributed by atoms with E-state index in [0.717, 1.165) is 11.4 Å². The lowest BCUT2D eigenvalue weighted by Gasteiger charge is -2.05. The number of benzene rings is 2. The van der Waals surface area contributed by atoms with E-state index in [9.17, 15) is 4.39 Å². The van der Waals surface area contributed by atoms with Gasteiger partial charge in [-0.15, -0.1) is 20.4 Å². The molecule has 0 amide bonds. The van der Waals surface area contributed by atoms with Gasteiger partial charge in [-0.3, -0.25) is 0 Å². The van der Waals surface area contributed by atoms with Crippen LogP contribution in [-0.2, 0) is 7.05 Å². The zero-order chi connectivity index (χ0) is 19.8. The van der Waals surface area contributed by atoms with Crippen molar-refractivity contribution >= 4 is 17.4 Å². The lowest BCUT2D eigenvalue weighted by atomic mass is 10.2. The molecule has 5 rings (SSSR count). The second-order valence-corrected chi connectivity index (χ2v) is 7.27. The first-order valence-electron chi connectivity index (χ1n) is 8.81. The van der Waals surface area contributed by atoms with Crippen molar-refractivity contribution in [3.63, 3.8) is 0 Å². The Bertz CT molecular complexity index is 1310. The lowest BCUT2D eigenvalue weighted by Crippen LogP contribution is -1.99. The number of aromatic nitrogens is 7. The van der Waals surface area contributed by atoms with Crippen LogP contribution in [0.15, 0.2) is 76.9 Å². The van der Waals surface area contributed by atoms with Crippen LogP contribution in [0, 0.1) is 5.82 Å². The fourth-order valence-corrected chi connectivity index (χ4v) is 3.72. The first-order valence-corrected chi connectivity index (χ1v) is 9.62. The third kappa shape index (κ3) is 3.15. The van der Waals surface area contributed by atoms with E-state index in [-0.39, 0.29) is 5.82 Å². The van der Waals surface area contributed by atoms with E-state index in [1.165, 1.54) is 22.3 Å². The Labute approximate surface area is 169 Å². The van der Waals surface area contributed by atoms with E-state index in [2.05, 4.69) is 25.5 Å². The number of hydrogen-bond acceptors (Lipinski definition) is 6. The third-order valence-corrected chi connectivity index (χ3v) is 5.38. The summed E-state index contributed by atoms with van der Waals surface area (Å²) in [4.78, 5) is 0. The van der Waals surface area contributed by atoms with Crippen LogP contribution in [-0.4, -0.2) is 34.6 Å². The molecule has 0 N–H and O–H groups in total. The van der Waals surface area contributed by atoms with Crippen LogP contribution in [0.25, 0.3) is 28.4 Å². The second kappa shape index (κ2) is 7.10. The van der Waals surface area contributed by atoms with E-state index < -0.39 is 0 Å². The molecular weight excluding hydrogens is 389 g/mol. The Kier molecular flexibility index (Phi) is 4.28. The van der Waals surface area contributed by atoms with Gasteiger partial charge in [0.15, 0.2) is 22.5 Å². The summed E-state index contributed by atoms with van der Waals surface area (Å²) < 4.78 is 17.7. The largest absolute Gasteiger partial charge is 0.305 e. The van der Waals surface area contributed by atoms with Gasteiger partial charge in [-0.1, -0.05) is 42.5 Å². The highest BCUT2D eigenvalue weighted by molar-refractivity contribution is 7.99. The van der Waals surface area contributed by atoms with Gasteiger partial charge in [-0.2, -0.15) is 9.61 Å². The van der Waals surface area contributed by atoms with Crippen molar-refractivity contribution in [1.29, 1.82) is 0 Å². The highest BCUT2D eigenvalue weighted by Gasteiger charge is 2.16. The van der Waals surface area contributed by atoms with Crippen LogP contribution in [0.3, 0.4) is 0 Å². The third-order valence-electron chi connectivity index (χ3n) is 4.42. The highest BCUT2D eigenvalue weighted by Crippen LogP contribution is 2.28. The number of fused-ring (bicyclic) bond motifs is 1. The topological polar surface area (TPSA) is 73.8 Å². The summed E-state index contributed by atoms with van der Waals surface area (Å²) >= 11 is 1.36. The van der Waals surface area contributed by atoms with Crippen molar-refractivity contribution in [2.45, 2.75) is 10.2 Å². The lowest BCUT2D eigenvalue weighted by molar-refractivity contribution is 0.629. The van der Waals surface area contributed by atoms with Gasteiger partial charge < -0.3 is 4.57 Å². The minimum absolute atomic E-state index is 0.347. The van der Waals surface area contributed by atoms with Gasteiger partial charge in [0.1, 0.15) is 10.8 Å². The predicted octanol–water partition coefficient (Wildman–Crippen LogP) is 3.88. The van der Waals surface area contributed by atoms with E-state index in [1.54, 1.807) is 24.3 Å². The Morgan fingerprint density at radius 1 is 0.793 bits per heavy atom. The van der Waals surface area contributed by atoms with Gasteiger partial charge in [0.25, 0.3) is 0 Å². The van der Waals surface area contributed by atoms with E-state index in [1.807, 2.05) is 48.0 Å². The molecule has 0 fully saturated rings. The van der Waals surface area contributed by atoms with Crippen molar-refractivity contribution in [2.75, 3.05) is 0 Å². The Morgan fingerprint density at radius 3 is 2.38 bits per heavy atom. The Balaban J connectivity index is 1.52. The zero-order valence-electron chi connectivity index (χ0n) is 15.3. The molecule has 2 aromatic carbocycles. The summed E-state index contributed by atoms with van der Waals surface area (Å²) in [5.74, 6) is 0.747. The van der Waals surface area contributed by atoms with Crippen LogP contribution < -0.4 is 0 Å². The summed E-state index contributed by atoms with van der Waals surface area (Å²) in [5.41, 5.74) is 1.87. The molecule has 0 radical (unpaired) electrons. The van der Waals surface area contributed by atoms with Crippen molar-refractivity contribution < 1.29 is 4.39 Å². The standard InChI is InChI=1S/C20H14FN7S/c1-27-18(13-7-3-2-4-8-13)23-25-20(27)29-17-12-11-16-22-24-19(28(16)26-17)14-9-5-6-10-15(14)21/h2-12H,1H3. The van der Waals surface area contributed by atoms with Crippen molar-refractivity contribution in [3.05, 3.63) is 72.5 Å². The minimum Gasteiger partial charge on any atom is -0.305 e. The molecule has 0 aliphatic carbocycles. The highest BCUT2D eigenvalue weighted by atomic mass is 32.2. The smallest absolute Gasteiger partial charge is 0.197 e. The van der Waals surface area contributed by atoms with Crippen molar-refractivity contribution in [2.24, 2.45) is 7.05 Å².